The van der Waals surface area contributed by atoms with Crippen LogP contribution < -0.4 is 10.9 Å². The summed E-state index contributed by atoms with van der Waals surface area (Å²) in [4.78, 5) is 38.2. The van der Waals surface area contributed by atoms with Crippen molar-refractivity contribution in [2.24, 2.45) is 0 Å². The predicted octanol–water partition coefficient (Wildman–Crippen LogP) is 0.642. The van der Waals surface area contributed by atoms with Crippen molar-refractivity contribution in [3.63, 3.8) is 0 Å². The van der Waals surface area contributed by atoms with Gasteiger partial charge in [0.1, 0.15) is 12.1 Å². The summed E-state index contributed by atoms with van der Waals surface area (Å²) < 4.78 is 0.957. The first kappa shape index (κ1) is 13.0. The number of rotatable bonds is 4. The Kier molecular flexibility index (Phi) is 3.71. The number of aliphatic carboxylic acids is 1. The van der Waals surface area contributed by atoms with Crippen molar-refractivity contribution in [3.05, 3.63) is 45.8 Å². The van der Waals surface area contributed by atoms with Crippen LogP contribution in [-0.2, 0) is 11.3 Å². The van der Waals surface area contributed by atoms with Gasteiger partial charge in [-0.15, -0.1) is 11.3 Å². The fourth-order valence-corrected chi connectivity index (χ4v) is 1.95. The summed E-state index contributed by atoms with van der Waals surface area (Å²) in [7, 11) is 0. The number of amides is 1. The number of pyridine rings is 1. The van der Waals surface area contributed by atoms with Crippen LogP contribution in [0.25, 0.3) is 0 Å². The van der Waals surface area contributed by atoms with E-state index in [0.29, 0.717) is 5.13 Å². The predicted molar refractivity (Wildman–Crippen MR) is 68.4 cm³/mol. The minimum Gasteiger partial charge on any atom is -0.480 e. The van der Waals surface area contributed by atoms with E-state index >= 15 is 0 Å². The van der Waals surface area contributed by atoms with Crippen LogP contribution in [0.4, 0.5) is 5.13 Å². The Labute approximate surface area is 111 Å². The lowest BCUT2D eigenvalue weighted by atomic mass is 10.2. The molecule has 0 spiro atoms. The first-order chi connectivity index (χ1) is 9.08. The maximum Gasteiger partial charge on any atom is 0.323 e. The number of anilines is 1. The van der Waals surface area contributed by atoms with E-state index in [4.69, 9.17) is 5.11 Å². The maximum absolute atomic E-state index is 11.9. The molecule has 0 bridgehead atoms. The van der Waals surface area contributed by atoms with Crippen LogP contribution in [0.3, 0.4) is 0 Å². The van der Waals surface area contributed by atoms with E-state index < -0.39 is 24.0 Å². The Morgan fingerprint density at radius 2 is 2.26 bits per heavy atom. The maximum atomic E-state index is 11.9. The highest BCUT2D eigenvalue weighted by Gasteiger charge is 2.14. The van der Waals surface area contributed by atoms with Gasteiger partial charge in [0, 0.05) is 17.8 Å². The molecule has 0 radical (unpaired) electrons. The standard InChI is InChI=1S/C11H9N3O4S/c15-8(16)6-14-4-1-2-7(10(14)18)9(17)13-11-12-3-5-19-11/h1-5H,6H2,(H,15,16)(H,12,13,17). The lowest BCUT2D eigenvalue weighted by Gasteiger charge is -2.05. The van der Waals surface area contributed by atoms with Crippen LogP contribution in [0.15, 0.2) is 34.7 Å². The van der Waals surface area contributed by atoms with Crippen molar-refractivity contribution < 1.29 is 14.7 Å². The molecule has 0 saturated heterocycles. The molecule has 0 aliphatic heterocycles. The van der Waals surface area contributed by atoms with Crippen LogP contribution in [0, 0.1) is 0 Å². The Balaban J connectivity index is 2.27. The summed E-state index contributed by atoms with van der Waals surface area (Å²) in [6.45, 7) is -0.489. The fraction of sp³-hybridized carbons (Fsp3) is 0.0909. The molecule has 7 nitrogen and oxygen atoms in total. The van der Waals surface area contributed by atoms with E-state index in [1.807, 2.05) is 0 Å². The first-order valence-corrected chi connectivity index (χ1v) is 6.08. The smallest absolute Gasteiger partial charge is 0.323 e. The van der Waals surface area contributed by atoms with Crippen molar-refractivity contribution in [3.8, 4) is 0 Å². The normalized spacial score (nSPS) is 10.1. The molecule has 2 aromatic rings. The molecule has 2 rings (SSSR count). The second-order valence-electron chi connectivity index (χ2n) is 3.54. The topological polar surface area (TPSA) is 101 Å². The van der Waals surface area contributed by atoms with Gasteiger partial charge in [-0.05, 0) is 12.1 Å². The van der Waals surface area contributed by atoms with Crippen molar-refractivity contribution >= 4 is 28.3 Å². The minimum absolute atomic E-state index is 0.126. The molecule has 8 heteroatoms. The fourth-order valence-electron chi connectivity index (χ4n) is 1.43. The summed E-state index contributed by atoms with van der Waals surface area (Å²) in [6, 6.07) is 2.78. The lowest BCUT2D eigenvalue weighted by molar-refractivity contribution is -0.137. The second kappa shape index (κ2) is 5.44. The summed E-state index contributed by atoms with van der Waals surface area (Å²) in [5.41, 5.74) is -0.780. The van der Waals surface area contributed by atoms with Crippen LogP contribution in [0.2, 0.25) is 0 Å². The molecule has 0 aliphatic rings. The summed E-state index contributed by atoms with van der Waals surface area (Å²) in [6.07, 6.45) is 2.84. The number of hydrogen-bond donors (Lipinski definition) is 2. The highest BCUT2D eigenvalue weighted by Crippen LogP contribution is 2.11. The van der Waals surface area contributed by atoms with Crippen LogP contribution in [0.5, 0.6) is 0 Å². The van der Waals surface area contributed by atoms with Gasteiger partial charge in [-0.25, -0.2) is 4.98 Å². The van der Waals surface area contributed by atoms with Crippen molar-refractivity contribution in [2.45, 2.75) is 6.54 Å². The molecule has 2 aromatic heterocycles. The molecule has 0 fully saturated rings. The zero-order chi connectivity index (χ0) is 13.8. The van der Waals surface area contributed by atoms with Gasteiger partial charge in [0.25, 0.3) is 11.5 Å². The second-order valence-corrected chi connectivity index (χ2v) is 4.43. The summed E-state index contributed by atoms with van der Waals surface area (Å²) in [5.74, 6) is -1.76. The highest BCUT2D eigenvalue weighted by atomic mass is 32.1. The van der Waals surface area contributed by atoms with Crippen LogP contribution >= 0.6 is 11.3 Å². The van der Waals surface area contributed by atoms with Gasteiger partial charge in [0.2, 0.25) is 0 Å². The Morgan fingerprint density at radius 3 is 2.89 bits per heavy atom. The average Bonchev–Trinajstić information content (AvgIpc) is 2.84. The summed E-state index contributed by atoms with van der Waals surface area (Å²) in [5, 5.41) is 13.2. The van der Waals surface area contributed by atoms with Gasteiger partial charge >= 0.3 is 5.97 Å². The van der Waals surface area contributed by atoms with Crippen LogP contribution in [-0.4, -0.2) is 26.5 Å². The first-order valence-electron chi connectivity index (χ1n) is 5.20. The quantitative estimate of drug-likeness (QED) is 0.855. The van der Waals surface area contributed by atoms with E-state index in [9.17, 15) is 14.4 Å². The molecule has 98 valence electrons. The minimum atomic E-state index is -1.15. The number of nitrogens with zero attached hydrogens (tertiary/aromatic N) is 2. The van der Waals surface area contributed by atoms with Crippen molar-refractivity contribution in [1.29, 1.82) is 0 Å². The Hall–Kier alpha value is -2.48. The van der Waals surface area contributed by atoms with Gasteiger partial charge in [-0.3, -0.25) is 19.7 Å². The van der Waals surface area contributed by atoms with Gasteiger partial charge in [-0.2, -0.15) is 0 Å². The largest absolute Gasteiger partial charge is 0.480 e. The monoisotopic (exact) mass is 279 g/mol. The number of carboxylic acids is 1. The molecule has 0 atom stereocenters. The molecule has 2 heterocycles. The lowest BCUT2D eigenvalue weighted by Crippen LogP contribution is -2.30. The zero-order valence-corrected chi connectivity index (χ0v) is 10.4. The number of carbonyl (C=O) groups is 2. The molecule has 1 amide bonds. The van der Waals surface area contributed by atoms with Crippen LogP contribution in [0.1, 0.15) is 10.4 Å². The van der Waals surface area contributed by atoms with E-state index in [2.05, 4.69) is 10.3 Å². The molecular formula is C11H9N3O4S. The number of carboxylic acid groups (broad SMARTS) is 1. The third-order valence-corrected chi connectivity index (χ3v) is 2.91. The van der Waals surface area contributed by atoms with E-state index in [0.717, 1.165) is 4.57 Å². The molecular weight excluding hydrogens is 270 g/mol. The zero-order valence-electron chi connectivity index (χ0n) is 9.57. The number of hydrogen-bond acceptors (Lipinski definition) is 5. The number of nitrogens with one attached hydrogen (secondary N) is 1. The molecule has 2 N–H and O–H groups in total. The molecule has 19 heavy (non-hydrogen) atoms. The molecule has 0 saturated carbocycles. The van der Waals surface area contributed by atoms with Gasteiger partial charge in [-0.1, -0.05) is 0 Å². The number of aromatic nitrogens is 2. The van der Waals surface area contributed by atoms with Crippen molar-refractivity contribution in [1.82, 2.24) is 9.55 Å². The van der Waals surface area contributed by atoms with Crippen molar-refractivity contribution in [2.75, 3.05) is 5.32 Å². The Bertz CT molecular complexity index is 663. The third-order valence-electron chi connectivity index (χ3n) is 2.22. The van der Waals surface area contributed by atoms with Gasteiger partial charge in [0.05, 0.1) is 0 Å². The van der Waals surface area contributed by atoms with Gasteiger partial charge < -0.3 is 9.67 Å². The average molecular weight is 279 g/mol. The molecule has 0 aliphatic carbocycles. The van der Waals surface area contributed by atoms with E-state index in [-0.39, 0.29) is 5.56 Å². The number of thiazole rings is 1. The highest BCUT2D eigenvalue weighted by molar-refractivity contribution is 7.13. The SMILES string of the molecule is O=C(O)Cn1cccc(C(=O)Nc2nccs2)c1=O. The summed E-state index contributed by atoms with van der Waals surface area (Å²) >= 11 is 1.22. The Morgan fingerprint density at radius 1 is 1.47 bits per heavy atom. The molecule has 0 unspecified atom stereocenters. The van der Waals surface area contributed by atoms with E-state index in [1.165, 1.54) is 35.9 Å². The third kappa shape index (κ3) is 3.05. The van der Waals surface area contributed by atoms with E-state index in [1.54, 1.807) is 5.38 Å². The number of carbonyl (C=O) groups excluding carboxylic acids is 1. The molecule has 0 aromatic carbocycles. The van der Waals surface area contributed by atoms with Gasteiger partial charge in [0.15, 0.2) is 5.13 Å².